The van der Waals surface area contributed by atoms with Crippen molar-refractivity contribution in [1.82, 2.24) is 24.9 Å². The number of benzene rings is 1. The summed E-state index contributed by atoms with van der Waals surface area (Å²) in [6.07, 6.45) is 8.63. The van der Waals surface area contributed by atoms with E-state index in [9.17, 15) is 27.6 Å². The van der Waals surface area contributed by atoms with E-state index in [-0.39, 0.29) is 30.7 Å². The number of allylic oxidation sites excluding steroid dienone is 2. The number of unbranched alkanes of at least 4 members (excludes halogenated alkanes) is 3. The Labute approximate surface area is 371 Å². The Hall–Kier alpha value is -4.87. The maximum absolute atomic E-state index is 14.5. The van der Waals surface area contributed by atoms with E-state index in [1.54, 1.807) is 20.1 Å². The van der Waals surface area contributed by atoms with Crippen molar-refractivity contribution in [1.29, 1.82) is 0 Å². The van der Waals surface area contributed by atoms with Gasteiger partial charge in [0.25, 0.3) is 5.91 Å². The van der Waals surface area contributed by atoms with Crippen LogP contribution >= 0.6 is 22.7 Å². The number of thiazole rings is 1. The second kappa shape index (κ2) is 18.5. The fourth-order valence-corrected chi connectivity index (χ4v) is 11.1. The number of likely N-dealkylation sites (tertiary alicyclic amines) is 1. The number of rotatable bonds is 19. The Morgan fingerprint density at radius 3 is 2.50 bits per heavy atom. The van der Waals surface area contributed by atoms with Crippen LogP contribution in [-0.4, -0.2) is 84.0 Å². The Balaban J connectivity index is 1.03. The number of nitrogens with one attached hydrogen (secondary N) is 2. The summed E-state index contributed by atoms with van der Waals surface area (Å²) < 4.78 is 39.1. The zero-order valence-electron chi connectivity index (χ0n) is 36.1. The van der Waals surface area contributed by atoms with Gasteiger partial charge in [-0.05, 0) is 88.5 Å². The molecule has 4 amide bonds. The number of thiophene rings is 1. The SMILES string of the molecule is COc1ccc2c(O[C@@H]3C[C@@H](C(N)=O)N(C(=O)[C@H](CCCCC/C=C\[C@@H]4C[C@]4(C)C(=O)NS(=O)(=O)C4CC4)NC(=O)c4ccc(C)s4)C3)cc(-c3nc(C(C)C)cs3)nc2c1C. The molecule has 0 bridgehead atoms. The highest BCUT2D eigenvalue weighted by atomic mass is 32.2. The number of nitrogens with two attached hydrogens (primary N) is 1. The van der Waals surface area contributed by atoms with Crippen molar-refractivity contribution >= 4 is 67.2 Å². The molecular formula is C45H56N6O8S3. The molecule has 3 aliphatic rings. The number of hydrogen-bond donors (Lipinski definition) is 3. The third-order valence-electron chi connectivity index (χ3n) is 12.2. The molecule has 1 saturated heterocycles. The highest BCUT2D eigenvalue weighted by Crippen LogP contribution is 2.53. The van der Waals surface area contributed by atoms with Crippen LogP contribution in [0.3, 0.4) is 0 Å². The summed E-state index contributed by atoms with van der Waals surface area (Å²) in [5, 5.41) is 6.02. The second-order valence-electron chi connectivity index (χ2n) is 17.3. The molecule has 332 valence electrons. The molecule has 17 heteroatoms. The quantitative estimate of drug-likeness (QED) is 0.0654. The molecule has 5 atom stereocenters. The Morgan fingerprint density at radius 1 is 1.06 bits per heavy atom. The molecule has 3 fully saturated rings. The van der Waals surface area contributed by atoms with E-state index in [0.29, 0.717) is 59.7 Å². The van der Waals surface area contributed by atoms with Crippen LogP contribution in [0.15, 0.2) is 47.9 Å². The Bertz CT molecular complexity index is 2490. The maximum atomic E-state index is 14.5. The highest BCUT2D eigenvalue weighted by Gasteiger charge is 2.56. The van der Waals surface area contributed by atoms with Crippen LogP contribution < -0.4 is 25.2 Å². The average Bonchev–Trinajstić information content (AvgIpc) is 3.99. The van der Waals surface area contributed by atoms with Crippen LogP contribution in [0.4, 0.5) is 0 Å². The van der Waals surface area contributed by atoms with Crippen LogP contribution in [0.5, 0.6) is 11.5 Å². The van der Waals surface area contributed by atoms with Crippen LogP contribution in [0.25, 0.3) is 21.6 Å². The third kappa shape index (κ3) is 9.99. The third-order valence-corrected chi connectivity index (χ3v) is 15.9. The standard InChI is InChI=1S/C45H56N6O8S3/c1-25(2)34-24-60-42(49-34)33-21-37(31-17-18-36(58-6)27(4)39(31)47-33)59-29-20-35(40(46)52)51(23-29)43(54)32(48-41(53)38-19-14-26(3)61-38)13-11-9-7-8-10-12-28-22-45(28,5)44(55)50-62(56,57)30-15-16-30/h10,12,14,17-19,21,24-25,28-30,32,35H,7-9,11,13,15-16,20,22-23H2,1-6H3,(H2,46,52)(H,48,53)(H,50,55)/b12-10-/t28-,29-,32+,35+,45+/m1/s1. The fraction of sp³-hybridized carbons (Fsp3) is 0.511. The molecule has 0 spiro atoms. The fourth-order valence-electron chi connectivity index (χ4n) is 7.99. The molecule has 0 radical (unpaired) electrons. The number of nitrogens with zero attached hydrogens (tertiary/aromatic N) is 3. The zero-order valence-corrected chi connectivity index (χ0v) is 38.5. The molecule has 4 aromatic rings. The second-order valence-corrected chi connectivity index (χ2v) is 21.4. The molecule has 4 heterocycles. The summed E-state index contributed by atoms with van der Waals surface area (Å²) in [5.74, 6) is -0.437. The summed E-state index contributed by atoms with van der Waals surface area (Å²) in [5.41, 5.74) is 8.34. The first-order valence-electron chi connectivity index (χ1n) is 21.3. The summed E-state index contributed by atoms with van der Waals surface area (Å²) in [7, 11) is -1.98. The highest BCUT2D eigenvalue weighted by molar-refractivity contribution is 7.90. The van der Waals surface area contributed by atoms with Crippen molar-refractivity contribution in [3.63, 3.8) is 0 Å². The van der Waals surface area contributed by atoms with Crippen LogP contribution in [-0.2, 0) is 24.4 Å². The molecule has 0 unspecified atom stereocenters. The van der Waals surface area contributed by atoms with Crippen molar-refractivity contribution in [3.8, 4) is 22.2 Å². The van der Waals surface area contributed by atoms with Gasteiger partial charge in [0.2, 0.25) is 27.7 Å². The molecule has 62 heavy (non-hydrogen) atoms. The first-order chi connectivity index (χ1) is 29.5. The normalized spacial score (nSPS) is 21.7. The number of fused-ring (bicyclic) bond motifs is 1. The van der Waals surface area contributed by atoms with E-state index < -0.39 is 56.6 Å². The molecule has 2 saturated carbocycles. The lowest BCUT2D eigenvalue weighted by Gasteiger charge is -2.27. The number of hydrogen-bond acceptors (Lipinski definition) is 12. The van der Waals surface area contributed by atoms with Crippen LogP contribution in [0.2, 0.25) is 0 Å². The van der Waals surface area contributed by atoms with Gasteiger partial charge in [-0.1, -0.05) is 45.8 Å². The molecule has 7 rings (SSSR count). The van der Waals surface area contributed by atoms with Gasteiger partial charge >= 0.3 is 0 Å². The van der Waals surface area contributed by atoms with Gasteiger partial charge in [0.15, 0.2) is 0 Å². The van der Waals surface area contributed by atoms with Crippen LogP contribution in [0, 0.1) is 25.2 Å². The number of aryl methyl sites for hydroxylation is 2. The van der Waals surface area contributed by atoms with Gasteiger partial charge in [-0.2, -0.15) is 0 Å². The Kier molecular flexibility index (Phi) is 13.4. The predicted octanol–water partition coefficient (Wildman–Crippen LogP) is 6.94. The molecule has 1 aliphatic heterocycles. The van der Waals surface area contributed by atoms with Gasteiger partial charge in [0.05, 0.1) is 40.4 Å². The van der Waals surface area contributed by atoms with Crippen molar-refractivity contribution in [2.75, 3.05) is 13.7 Å². The van der Waals surface area contributed by atoms with Gasteiger partial charge in [-0.25, -0.2) is 18.4 Å². The molecule has 4 N–H and O–H groups in total. The average molecular weight is 905 g/mol. The van der Waals surface area contributed by atoms with Crippen molar-refractivity contribution in [3.05, 3.63) is 68.9 Å². The minimum atomic E-state index is -3.59. The minimum absolute atomic E-state index is 0.0237. The van der Waals surface area contributed by atoms with Crippen LogP contribution in [0.1, 0.15) is 110 Å². The predicted molar refractivity (Wildman–Crippen MR) is 241 cm³/mol. The van der Waals surface area contributed by atoms with E-state index in [0.717, 1.165) is 45.8 Å². The van der Waals surface area contributed by atoms with E-state index in [1.165, 1.54) is 27.6 Å². The topological polar surface area (TPSA) is 200 Å². The summed E-state index contributed by atoms with van der Waals surface area (Å²) in [4.78, 5) is 66.4. The Morgan fingerprint density at radius 2 is 1.84 bits per heavy atom. The number of carbonyl (C=O) groups is 4. The minimum Gasteiger partial charge on any atom is -0.496 e. The van der Waals surface area contributed by atoms with Gasteiger partial charge in [-0.3, -0.25) is 23.9 Å². The number of carbonyl (C=O) groups excluding carboxylic acids is 4. The summed E-state index contributed by atoms with van der Waals surface area (Å²) in [6, 6.07) is 7.32. The lowest BCUT2D eigenvalue weighted by Crippen LogP contribution is -2.52. The van der Waals surface area contributed by atoms with E-state index in [1.807, 2.05) is 55.6 Å². The van der Waals surface area contributed by atoms with Crippen molar-refractivity contribution < 1.29 is 37.1 Å². The number of pyridine rings is 1. The van der Waals surface area contributed by atoms with Crippen molar-refractivity contribution in [2.45, 2.75) is 122 Å². The van der Waals surface area contributed by atoms with E-state index >= 15 is 0 Å². The molecular weight excluding hydrogens is 849 g/mol. The number of primary amides is 1. The molecule has 1 aromatic carbocycles. The lowest BCUT2D eigenvalue weighted by atomic mass is 10.0. The van der Waals surface area contributed by atoms with Gasteiger partial charge < -0.3 is 25.4 Å². The van der Waals surface area contributed by atoms with E-state index in [2.05, 4.69) is 23.9 Å². The van der Waals surface area contributed by atoms with E-state index in [4.69, 9.17) is 25.2 Å². The smallest absolute Gasteiger partial charge is 0.262 e. The lowest BCUT2D eigenvalue weighted by molar-refractivity contribution is -0.139. The first kappa shape index (κ1) is 45.2. The van der Waals surface area contributed by atoms with Gasteiger partial charge in [-0.15, -0.1) is 22.7 Å². The first-order valence-corrected chi connectivity index (χ1v) is 24.5. The molecule has 3 aromatic heterocycles. The van der Waals surface area contributed by atoms with Crippen molar-refractivity contribution in [2.24, 2.45) is 17.1 Å². The number of methoxy groups -OCH3 is 1. The zero-order chi connectivity index (χ0) is 44.5. The van der Waals surface area contributed by atoms with Gasteiger partial charge in [0, 0.05) is 33.7 Å². The summed E-state index contributed by atoms with van der Waals surface area (Å²) >= 11 is 2.84. The number of aromatic nitrogens is 2. The van der Waals surface area contributed by atoms with Gasteiger partial charge in [0.1, 0.15) is 40.4 Å². The molecule has 14 nitrogen and oxygen atoms in total. The monoisotopic (exact) mass is 904 g/mol. The largest absolute Gasteiger partial charge is 0.496 e. The number of amides is 4. The number of sulfonamides is 1. The maximum Gasteiger partial charge on any atom is 0.262 e. The number of ether oxygens (including phenoxy) is 2. The summed E-state index contributed by atoms with van der Waals surface area (Å²) in [6.45, 7) is 9.89. The molecule has 2 aliphatic carbocycles.